The Bertz CT molecular complexity index is 404. The maximum Gasteiger partial charge on any atom is 0.305 e. The van der Waals surface area contributed by atoms with Crippen LogP contribution in [0.4, 0.5) is 0 Å². The highest BCUT2D eigenvalue weighted by molar-refractivity contribution is 6.74. The maximum absolute atomic E-state index is 12.1. The Kier molecular flexibility index (Phi) is 9.81. The van der Waals surface area contributed by atoms with Crippen molar-refractivity contribution >= 4 is 20.2 Å². The number of carbonyl (C=O) groups excluding carboxylic acids is 2. The van der Waals surface area contributed by atoms with Gasteiger partial charge in [0.05, 0.1) is 12.7 Å². The molecule has 0 radical (unpaired) electrons. The molecule has 0 bridgehead atoms. The van der Waals surface area contributed by atoms with E-state index in [1.165, 1.54) is 0 Å². The second-order valence-corrected chi connectivity index (χ2v) is 12.4. The number of nitrogens with zero attached hydrogens (tertiary/aromatic N) is 1. The Balaban J connectivity index is 5.07. The summed E-state index contributed by atoms with van der Waals surface area (Å²) in [6.07, 6.45) is 1.26. The van der Waals surface area contributed by atoms with Gasteiger partial charge in [-0.15, -0.1) is 0 Å². The van der Waals surface area contributed by atoms with Crippen LogP contribution in [0.2, 0.25) is 18.1 Å². The van der Waals surface area contributed by atoms with E-state index in [9.17, 15) is 9.59 Å². The molecule has 24 heavy (non-hydrogen) atoms. The van der Waals surface area contributed by atoms with Crippen molar-refractivity contribution in [2.75, 3.05) is 19.7 Å². The quantitative estimate of drug-likeness (QED) is 0.437. The second-order valence-electron chi connectivity index (χ2n) is 7.63. The third kappa shape index (κ3) is 7.79. The highest BCUT2D eigenvalue weighted by Gasteiger charge is 2.39. The van der Waals surface area contributed by atoms with Crippen molar-refractivity contribution in [3.8, 4) is 0 Å². The number of carbonyl (C=O) groups is 2. The van der Waals surface area contributed by atoms with Gasteiger partial charge >= 0.3 is 5.97 Å². The number of esters is 1. The number of ether oxygens (including phenoxy) is 1. The maximum atomic E-state index is 12.1. The molecule has 0 saturated carbocycles. The molecule has 0 fully saturated rings. The van der Waals surface area contributed by atoms with Crippen LogP contribution in [0.15, 0.2) is 0 Å². The summed E-state index contributed by atoms with van der Waals surface area (Å²) in [5, 5.41) is 0.0843. The lowest BCUT2D eigenvalue weighted by molar-refractivity contribution is -0.143. The average molecular weight is 360 g/mol. The van der Waals surface area contributed by atoms with E-state index in [1.54, 1.807) is 6.92 Å². The van der Waals surface area contributed by atoms with E-state index >= 15 is 0 Å². The summed E-state index contributed by atoms with van der Waals surface area (Å²) in [6.45, 7) is 18.2. The van der Waals surface area contributed by atoms with Gasteiger partial charge in [-0.05, 0) is 38.4 Å². The Morgan fingerprint density at radius 3 is 2.12 bits per heavy atom. The van der Waals surface area contributed by atoms with Crippen LogP contribution in [0.25, 0.3) is 0 Å². The van der Waals surface area contributed by atoms with Crippen molar-refractivity contribution in [2.45, 2.75) is 85.0 Å². The molecule has 0 aromatic carbocycles. The smallest absolute Gasteiger partial charge is 0.305 e. The Labute approximate surface area is 149 Å². The Hall–Kier alpha value is -0.883. The molecule has 5 nitrogen and oxygen atoms in total. The number of hydrogen-bond donors (Lipinski definition) is 0. The van der Waals surface area contributed by atoms with Crippen LogP contribution in [-0.4, -0.2) is 50.9 Å². The Morgan fingerprint density at radius 1 is 1.12 bits per heavy atom. The van der Waals surface area contributed by atoms with Gasteiger partial charge in [-0.3, -0.25) is 9.59 Å². The third-order valence-electron chi connectivity index (χ3n) is 4.70. The zero-order chi connectivity index (χ0) is 19.0. The molecule has 1 unspecified atom stereocenters. The van der Waals surface area contributed by atoms with Crippen LogP contribution in [0, 0.1) is 0 Å². The predicted octanol–water partition coefficient (Wildman–Crippen LogP) is 3.98. The summed E-state index contributed by atoms with van der Waals surface area (Å²) < 4.78 is 11.5. The van der Waals surface area contributed by atoms with E-state index in [4.69, 9.17) is 9.16 Å². The summed E-state index contributed by atoms with van der Waals surface area (Å²) in [5.41, 5.74) is 0. The van der Waals surface area contributed by atoms with Gasteiger partial charge in [-0.25, -0.2) is 0 Å². The van der Waals surface area contributed by atoms with Crippen molar-refractivity contribution in [3.63, 3.8) is 0 Å². The fourth-order valence-electron chi connectivity index (χ4n) is 2.17. The highest BCUT2D eigenvalue weighted by atomic mass is 28.4. The lowest BCUT2D eigenvalue weighted by Gasteiger charge is -2.40. The summed E-state index contributed by atoms with van der Waals surface area (Å²) in [7, 11) is -1.97. The summed E-state index contributed by atoms with van der Waals surface area (Å²) in [5.74, 6) is -0.0799. The molecule has 6 heteroatoms. The predicted molar refractivity (Wildman–Crippen MR) is 100 cm³/mol. The molecule has 0 aliphatic carbocycles. The van der Waals surface area contributed by atoms with Crippen molar-refractivity contribution in [1.82, 2.24) is 4.90 Å². The lowest BCUT2D eigenvalue weighted by atomic mass is 10.2. The fraction of sp³-hybridized carbons (Fsp3) is 0.889. The van der Waals surface area contributed by atoms with Crippen molar-refractivity contribution in [1.29, 1.82) is 0 Å². The minimum Gasteiger partial charge on any atom is -0.466 e. The summed E-state index contributed by atoms with van der Waals surface area (Å²) >= 11 is 0. The zero-order valence-electron chi connectivity index (χ0n) is 16.9. The molecule has 1 atom stereocenters. The van der Waals surface area contributed by atoms with E-state index < -0.39 is 8.32 Å². The van der Waals surface area contributed by atoms with Crippen LogP contribution in [0.5, 0.6) is 0 Å². The molecule has 0 aliphatic heterocycles. The van der Waals surface area contributed by atoms with Crippen LogP contribution >= 0.6 is 0 Å². The van der Waals surface area contributed by atoms with Crippen LogP contribution < -0.4 is 0 Å². The van der Waals surface area contributed by atoms with Gasteiger partial charge in [0.25, 0.3) is 0 Å². The van der Waals surface area contributed by atoms with Gasteiger partial charge in [0, 0.05) is 25.9 Å². The molecule has 1 amide bonds. The van der Waals surface area contributed by atoms with Crippen molar-refractivity contribution in [2.24, 2.45) is 0 Å². The van der Waals surface area contributed by atoms with Gasteiger partial charge in [-0.2, -0.15) is 0 Å². The molecule has 0 rings (SSSR count). The van der Waals surface area contributed by atoms with Gasteiger partial charge in [0.1, 0.15) is 0 Å². The first-order valence-electron chi connectivity index (χ1n) is 9.09. The number of rotatable bonds is 10. The monoisotopic (exact) mass is 359 g/mol. The number of hydrogen-bond acceptors (Lipinski definition) is 4. The van der Waals surface area contributed by atoms with Crippen molar-refractivity contribution < 1.29 is 18.8 Å². The van der Waals surface area contributed by atoms with Gasteiger partial charge in [-0.1, -0.05) is 27.7 Å². The highest BCUT2D eigenvalue weighted by Crippen LogP contribution is 2.37. The third-order valence-corrected chi connectivity index (χ3v) is 9.24. The van der Waals surface area contributed by atoms with Crippen LogP contribution in [0.3, 0.4) is 0 Å². The average Bonchev–Trinajstić information content (AvgIpc) is 2.48. The van der Waals surface area contributed by atoms with E-state index in [-0.39, 0.29) is 23.0 Å². The van der Waals surface area contributed by atoms with E-state index in [2.05, 4.69) is 33.9 Å². The minimum absolute atomic E-state index is 0.0843. The molecule has 0 aromatic heterocycles. The van der Waals surface area contributed by atoms with Gasteiger partial charge in [0.15, 0.2) is 8.32 Å². The fourth-order valence-corrected chi connectivity index (χ4v) is 3.55. The van der Waals surface area contributed by atoms with Crippen LogP contribution in [0.1, 0.15) is 60.8 Å². The first kappa shape index (κ1) is 23.1. The molecule has 142 valence electrons. The first-order chi connectivity index (χ1) is 11.0. The zero-order valence-corrected chi connectivity index (χ0v) is 17.9. The SMILES string of the molecule is CCOC(=O)CCC(CN(CC)C(=O)CC)O[Si](C)(C)C(C)(C)C. The molecule has 0 aromatic rings. The normalized spacial score (nSPS) is 13.5. The molecular formula is C18H37NO4Si. The molecule has 0 heterocycles. The van der Waals surface area contributed by atoms with Crippen LogP contribution in [-0.2, 0) is 18.8 Å². The standard InChI is InChI=1S/C18H37NO4Si/c1-9-16(20)19(10-2)14-15(12-13-17(21)22-11-3)23-24(7,8)18(4,5)6/h15H,9-14H2,1-8H3. The van der Waals surface area contributed by atoms with Gasteiger partial charge in [0.2, 0.25) is 5.91 Å². The number of likely N-dealkylation sites (N-methyl/N-ethyl adjacent to an activating group) is 1. The summed E-state index contributed by atoms with van der Waals surface area (Å²) in [4.78, 5) is 25.6. The molecule has 0 N–H and O–H groups in total. The molecule has 0 spiro atoms. The van der Waals surface area contributed by atoms with E-state index in [0.29, 0.717) is 39.0 Å². The minimum atomic E-state index is -1.97. The van der Waals surface area contributed by atoms with Crippen molar-refractivity contribution in [3.05, 3.63) is 0 Å². The van der Waals surface area contributed by atoms with E-state index in [1.807, 2.05) is 18.7 Å². The molecule has 0 aliphatic rings. The van der Waals surface area contributed by atoms with Gasteiger partial charge < -0.3 is 14.1 Å². The first-order valence-corrected chi connectivity index (χ1v) is 12.0. The largest absolute Gasteiger partial charge is 0.466 e. The lowest BCUT2D eigenvalue weighted by Crippen LogP contribution is -2.48. The second kappa shape index (κ2) is 10.2. The van der Waals surface area contributed by atoms with E-state index in [0.717, 1.165) is 0 Å². The topological polar surface area (TPSA) is 55.8 Å². The molecule has 0 saturated heterocycles. The Morgan fingerprint density at radius 2 is 1.71 bits per heavy atom. The number of amides is 1. The molecular weight excluding hydrogens is 322 g/mol. The summed E-state index contributed by atoms with van der Waals surface area (Å²) in [6, 6.07) is 0.